The zero-order chi connectivity index (χ0) is 14.6. The van der Waals surface area contributed by atoms with E-state index in [0.29, 0.717) is 11.3 Å². The molecule has 20 heavy (non-hydrogen) atoms. The lowest BCUT2D eigenvalue weighted by Crippen LogP contribution is -2.12. The maximum absolute atomic E-state index is 12.1. The Labute approximate surface area is 121 Å². The first-order valence-electron chi connectivity index (χ1n) is 5.86. The average molecular weight is 311 g/mol. The van der Waals surface area contributed by atoms with Gasteiger partial charge in [0.1, 0.15) is 4.21 Å². The number of benzene rings is 1. The first kappa shape index (κ1) is 14.5. The molecule has 106 valence electrons. The van der Waals surface area contributed by atoms with Crippen LogP contribution in [-0.4, -0.2) is 21.0 Å². The molecule has 1 aromatic carbocycles. The number of hydrogen-bond acceptors (Lipinski definition) is 5. The second-order valence-electron chi connectivity index (χ2n) is 3.84. The van der Waals surface area contributed by atoms with E-state index in [4.69, 9.17) is 4.74 Å². The summed E-state index contributed by atoms with van der Waals surface area (Å²) in [6.45, 7) is 1.98. The Bertz CT molecular complexity index is 693. The van der Waals surface area contributed by atoms with Crippen LogP contribution >= 0.6 is 11.3 Å². The second-order valence-corrected chi connectivity index (χ2v) is 6.70. The van der Waals surface area contributed by atoms with Crippen molar-refractivity contribution in [3.05, 3.63) is 47.3 Å². The standard InChI is InChI=1S/C13H13NO4S2/c1-2-18-13(15)10-5-3-6-11(9-10)14-20(16,17)12-7-4-8-19-12/h3-9,14H,2H2,1H3. The molecule has 0 unspecified atom stereocenters. The van der Waals surface area contributed by atoms with Crippen LogP contribution in [0.15, 0.2) is 46.0 Å². The van der Waals surface area contributed by atoms with E-state index in [1.54, 1.807) is 36.6 Å². The summed E-state index contributed by atoms with van der Waals surface area (Å²) in [7, 11) is -3.61. The third-order valence-electron chi connectivity index (χ3n) is 2.39. The molecule has 0 atom stereocenters. The summed E-state index contributed by atoms with van der Waals surface area (Å²) in [5, 5.41) is 1.68. The normalized spacial score (nSPS) is 11.1. The topological polar surface area (TPSA) is 72.5 Å². The van der Waals surface area contributed by atoms with E-state index in [1.807, 2.05) is 0 Å². The van der Waals surface area contributed by atoms with Gasteiger partial charge >= 0.3 is 5.97 Å². The van der Waals surface area contributed by atoms with Gasteiger partial charge in [0.05, 0.1) is 12.2 Å². The monoisotopic (exact) mass is 311 g/mol. The Morgan fingerprint density at radius 1 is 1.30 bits per heavy atom. The van der Waals surface area contributed by atoms with Crippen molar-refractivity contribution in [1.29, 1.82) is 0 Å². The molecule has 1 heterocycles. The molecule has 0 fully saturated rings. The van der Waals surface area contributed by atoms with Gasteiger partial charge in [0.15, 0.2) is 0 Å². The van der Waals surface area contributed by atoms with Crippen LogP contribution in [0.1, 0.15) is 17.3 Å². The molecule has 5 nitrogen and oxygen atoms in total. The maximum atomic E-state index is 12.1. The van der Waals surface area contributed by atoms with Crippen molar-refractivity contribution in [2.75, 3.05) is 11.3 Å². The van der Waals surface area contributed by atoms with Gasteiger partial charge in [0, 0.05) is 5.69 Å². The van der Waals surface area contributed by atoms with Crippen LogP contribution in [0.3, 0.4) is 0 Å². The molecule has 0 amide bonds. The molecule has 2 aromatic rings. The van der Waals surface area contributed by atoms with Crippen LogP contribution in [0, 0.1) is 0 Å². The van der Waals surface area contributed by atoms with Crippen molar-refractivity contribution < 1.29 is 17.9 Å². The molecule has 2 rings (SSSR count). The van der Waals surface area contributed by atoms with E-state index in [1.165, 1.54) is 12.1 Å². The summed E-state index contributed by atoms with van der Waals surface area (Å²) in [5.74, 6) is -0.482. The Balaban J connectivity index is 2.22. The number of esters is 1. The van der Waals surface area contributed by atoms with Crippen LogP contribution < -0.4 is 4.72 Å². The van der Waals surface area contributed by atoms with Crippen molar-refractivity contribution in [1.82, 2.24) is 0 Å². The third-order valence-corrected chi connectivity index (χ3v) is 5.16. The molecule has 0 bridgehead atoms. The van der Waals surface area contributed by atoms with E-state index in [-0.39, 0.29) is 10.8 Å². The minimum Gasteiger partial charge on any atom is -0.462 e. The largest absolute Gasteiger partial charge is 0.462 e. The second kappa shape index (κ2) is 6.06. The lowest BCUT2D eigenvalue weighted by molar-refractivity contribution is 0.0526. The highest BCUT2D eigenvalue weighted by Crippen LogP contribution is 2.21. The molecule has 0 aliphatic rings. The van der Waals surface area contributed by atoms with Gasteiger partial charge in [0.25, 0.3) is 10.0 Å². The van der Waals surface area contributed by atoms with E-state index in [9.17, 15) is 13.2 Å². The fourth-order valence-corrected chi connectivity index (χ4v) is 3.59. The van der Waals surface area contributed by atoms with Gasteiger partial charge in [-0.2, -0.15) is 0 Å². The fourth-order valence-electron chi connectivity index (χ4n) is 1.55. The van der Waals surface area contributed by atoms with Crippen LogP contribution in [0.25, 0.3) is 0 Å². The third kappa shape index (κ3) is 3.37. The summed E-state index contributed by atoms with van der Waals surface area (Å²) >= 11 is 1.13. The van der Waals surface area contributed by atoms with Gasteiger partial charge in [-0.15, -0.1) is 11.3 Å². The van der Waals surface area contributed by atoms with Gasteiger partial charge in [-0.05, 0) is 36.6 Å². The summed E-state index contributed by atoms with van der Waals surface area (Å²) in [5.41, 5.74) is 0.627. The zero-order valence-electron chi connectivity index (χ0n) is 10.7. The van der Waals surface area contributed by atoms with Gasteiger partial charge in [0.2, 0.25) is 0 Å². The number of sulfonamides is 1. The van der Waals surface area contributed by atoms with Gasteiger partial charge in [-0.25, -0.2) is 13.2 Å². The smallest absolute Gasteiger partial charge is 0.338 e. The number of nitrogens with one attached hydrogen (secondary N) is 1. The average Bonchev–Trinajstić information content (AvgIpc) is 2.93. The van der Waals surface area contributed by atoms with Gasteiger partial charge < -0.3 is 4.74 Å². The highest BCUT2D eigenvalue weighted by molar-refractivity contribution is 7.94. The first-order chi connectivity index (χ1) is 9.53. The van der Waals surface area contributed by atoms with Crippen molar-refractivity contribution in [3.63, 3.8) is 0 Å². The lowest BCUT2D eigenvalue weighted by Gasteiger charge is -2.08. The van der Waals surface area contributed by atoms with Crippen molar-refractivity contribution in [2.24, 2.45) is 0 Å². The molecule has 7 heteroatoms. The molecule has 0 radical (unpaired) electrons. The van der Waals surface area contributed by atoms with Crippen molar-refractivity contribution in [3.8, 4) is 0 Å². The Hall–Kier alpha value is -1.86. The predicted molar refractivity (Wildman–Crippen MR) is 77.5 cm³/mol. The molecule has 0 saturated heterocycles. The Kier molecular flexibility index (Phi) is 4.41. The molecular formula is C13H13NO4S2. The maximum Gasteiger partial charge on any atom is 0.338 e. The zero-order valence-corrected chi connectivity index (χ0v) is 12.3. The number of thiophene rings is 1. The summed E-state index contributed by atoms with van der Waals surface area (Å²) in [6, 6.07) is 9.37. The van der Waals surface area contributed by atoms with E-state index >= 15 is 0 Å². The van der Waals surface area contributed by atoms with E-state index in [2.05, 4.69) is 4.72 Å². The highest BCUT2D eigenvalue weighted by Gasteiger charge is 2.16. The van der Waals surface area contributed by atoms with Gasteiger partial charge in [-0.1, -0.05) is 12.1 Å². The van der Waals surface area contributed by atoms with E-state index < -0.39 is 16.0 Å². The van der Waals surface area contributed by atoms with E-state index in [0.717, 1.165) is 11.3 Å². The number of anilines is 1. The Morgan fingerprint density at radius 2 is 2.10 bits per heavy atom. The number of rotatable bonds is 5. The molecule has 0 aliphatic carbocycles. The van der Waals surface area contributed by atoms with Crippen LogP contribution in [0.5, 0.6) is 0 Å². The van der Waals surface area contributed by atoms with Crippen molar-refractivity contribution >= 4 is 33.0 Å². The first-order valence-corrected chi connectivity index (χ1v) is 8.22. The van der Waals surface area contributed by atoms with Crippen LogP contribution in [-0.2, 0) is 14.8 Å². The molecule has 0 aliphatic heterocycles. The molecule has 1 N–H and O–H groups in total. The van der Waals surface area contributed by atoms with Crippen LogP contribution in [0.4, 0.5) is 5.69 Å². The number of ether oxygens (including phenoxy) is 1. The lowest BCUT2D eigenvalue weighted by atomic mass is 10.2. The SMILES string of the molecule is CCOC(=O)c1cccc(NS(=O)(=O)c2cccs2)c1. The molecular weight excluding hydrogens is 298 g/mol. The van der Waals surface area contributed by atoms with Crippen molar-refractivity contribution in [2.45, 2.75) is 11.1 Å². The minimum absolute atomic E-state index is 0.221. The quantitative estimate of drug-likeness (QED) is 0.862. The molecule has 1 aromatic heterocycles. The summed E-state index contributed by atoms with van der Waals surface area (Å²) in [6.07, 6.45) is 0. The van der Waals surface area contributed by atoms with Crippen LogP contribution in [0.2, 0.25) is 0 Å². The summed E-state index contributed by atoms with van der Waals surface area (Å²) < 4.78 is 31.6. The highest BCUT2D eigenvalue weighted by atomic mass is 32.2. The Morgan fingerprint density at radius 3 is 2.75 bits per heavy atom. The number of carbonyl (C=O) groups is 1. The minimum atomic E-state index is -3.61. The molecule has 0 spiro atoms. The number of carbonyl (C=O) groups excluding carboxylic acids is 1. The number of hydrogen-bond donors (Lipinski definition) is 1. The molecule has 0 saturated carbocycles. The van der Waals surface area contributed by atoms with Gasteiger partial charge in [-0.3, -0.25) is 4.72 Å². The predicted octanol–water partition coefficient (Wildman–Crippen LogP) is 2.73. The fraction of sp³-hybridized carbons (Fsp3) is 0.154. The summed E-state index contributed by atoms with van der Waals surface area (Å²) in [4.78, 5) is 11.6.